The highest BCUT2D eigenvalue weighted by Crippen LogP contribution is 2.83. The molecule has 1 saturated heterocycles. The molecule has 6 nitrogen and oxygen atoms in total. The molecule has 1 aliphatic heterocycles. The predicted molar refractivity (Wildman–Crippen MR) is 98.0 cm³/mol. The summed E-state index contributed by atoms with van der Waals surface area (Å²) in [5.41, 5.74) is 0.653. The molecule has 1 aliphatic rings. The van der Waals surface area contributed by atoms with Gasteiger partial charge in [-0.1, -0.05) is 37.6 Å². The summed E-state index contributed by atoms with van der Waals surface area (Å²) in [7, 11) is -8.60. The lowest BCUT2D eigenvalue weighted by atomic mass is 9.78. The van der Waals surface area contributed by atoms with Crippen molar-refractivity contribution in [1.29, 1.82) is 0 Å². The summed E-state index contributed by atoms with van der Waals surface area (Å²) in [6.07, 6.45) is 0.717. The van der Waals surface area contributed by atoms with Crippen molar-refractivity contribution in [2.24, 2.45) is 5.92 Å². The molecule has 0 aliphatic carbocycles. The summed E-state index contributed by atoms with van der Waals surface area (Å²) in [4.78, 5) is 20.0. The first kappa shape index (κ1) is 21.1. The van der Waals surface area contributed by atoms with E-state index >= 15 is 0 Å². The van der Waals surface area contributed by atoms with Gasteiger partial charge in [-0.3, -0.25) is 13.7 Å². The lowest BCUT2D eigenvalue weighted by Gasteiger charge is -2.38. The minimum atomic E-state index is -4.73. The van der Waals surface area contributed by atoms with Crippen LogP contribution < -0.4 is 0 Å². The standard InChI is InChI=1S/C16H25ClO6P2/c1-5-14-15(4,24(18,19)20)23-25(21,22-7-3)16(14,6-2)12-8-10-13(17)11-9-12/h8-11,14H,5-7H2,1-4H3,(H2,18,19,20). The smallest absolute Gasteiger partial charge is 0.322 e. The van der Waals surface area contributed by atoms with E-state index in [-0.39, 0.29) is 6.61 Å². The lowest BCUT2D eigenvalue weighted by molar-refractivity contribution is 0.0885. The first-order chi connectivity index (χ1) is 11.5. The Balaban J connectivity index is 2.82. The third-order valence-electron chi connectivity index (χ3n) is 5.19. The highest BCUT2D eigenvalue weighted by molar-refractivity contribution is 7.59. The molecule has 0 aromatic heterocycles. The van der Waals surface area contributed by atoms with E-state index in [1.165, 1.54) is 6.92 Å². The zero-order valence-electron chi connectivity index (χ0n) is 14.8. The second kappa shape index (κ2) is 7.09. The largest absolute Gasteiger partial charge is 0.357 e. The maximum Gasteiger partial charge on any atom is 0.357 e. The molecular formula is C16H25ClO6P2. The zero-order valence-corrected chi connectivity index (χ0v) is 17.4. The van der Waals surface area contributed by atoms with Crippen LogP contribution in [0.4, 0.5) is 0 Å². The molecule has 142 valence electrons. The molecule has 1 aromatic carbocycles. The van der Waals surface area contributed by atoms with Crippen LogP contribution in [0.15, 0.2) is 24.3 Å². The fourth-order valence-corrected chi connectivity index (χ4v) is 8.90. The molecule has 2 N–H and O–H groups in total. The fraction of sp³-hybridized carbons (Fsp3) is 0.625. The Morgan fingerprint density at radius 1 is 1.28 bits per heavy atom. The van der Waals surface area contributed by atoms with E-state index in [1.54, 1.807) is 31.2 Å². The third-order valence-corrected chi connectivity index (χ3v) is 10.2. The van der Waals surface area contributed by atoms with E-state index < -0.39 is 31.6 Å². The molecule has 2 rings (SSSR count). The van der Waals surface area contributed by atoms with Gasteiger partial charge in [0.2, 0.25) is 0 Å². The van der Waals surface area contributed by atoms with Crippen LogP contribution >= 0.6 is 26.8 Å². The van der Waals surface area contributed by atoms with Gasteiger partial charge in [-0.15, -0.1) is 0 Å². The molecule has 4 unspecified atom stereocenters. The van der Waals surface area contributed by atoms with E-state index in [9.17, 15) is 18.9 Å². The van der Waals surface area contributed by atoms with Crippen LogP contribution in [-0.4, -0.2) is 21.7 Å². The molecule has 0 amide bonds. The summed E-state index contributed by atoms with van der Waals surface area (Å²) in [6, 6.07) is 6.80. The number of hydrogen-bond acceptors (Lipinski definition) is 4. The Morgan fingerprint density at radius 3 is 2.24 bits per heavy atom. The van der Waals surface area contributed by atoms with Crippen molar-refractivity contribution in [3.63, 3.8) is 0 Å². The third kappa shape index (κ3) is 3.06. The zero-order chi connectivity index (χ0) is 19.1. The summed E-state index contributed by atoms with van der Waals surface area (Å²) < 4.78 is 37.3. The molecular weight excluding hydrogens is 386 g/mol. The molecule has 0 radical (unpaired) electrons. The van der Waals surface area contributed by atoms with Crippen molar-refractivity contribution in [2.45, 2.75) is 51.0 Å². The topological polar surface area (TPSA) is 93.1 Å². The summed E-state index contributed by atoms with van der Waals surface area (Å²) >= 11 is 5.98. The van der Waals surface area contributed by atoms with E-state index in [1.807, 2.05) is 13.8 Å². The molecule has 0 spiro atoms. The van der Waals surface area contributed by atoms with Crippen LogP contribution in [0.1, 0.15) is 46.1 Å². The van der Waals surface area contributed by atoms with Crippen molar-refractivity contribution in [3.05, 3.63) is 34.9 Å². The van der Waals surface area contributed by atoms with Crippen molar-refractivity contribution in [3.8, 4) is 0 Å². The first-order valence-electron chi connectivity index (χ1n) is 8.29. The maximum absolute atomic E-state index is 13.8. The summed E-state index contributed by atoms with van der Waals surface area (Å²) in [5, 5.41) is -2.52. The molecule has 0 saturated carbocycles. The SMILES string of the molecule is CCOP1(=O)OC(C)(P(=O)(O)O)C(CC)C1(CC)c1ccc(Cl)cc1. The highest BCUT2D eigenvalue weighted by Gasteiger charge is 2.73. The number of rotatable bonds is 6. The monoisotopic (exact) mass is 410 g/mol. The number of hydrogen-bond donors (Lipinski definition) is 2. The van der Waals surface area contributed by atoms with Gasteiger partial charge in [0.25, 0.3) is 0 Å². The van der Waals surface area contributed by atoms with Gasteiger partial charge in [-0.2, -0.15) is 0 Å². The summed E-state index contributed by atoms with van der Waals surface area (Å²) in [6.45, 7) is 6.77. The van der Waals surface area contributed by atoms with Crippen molar-refractivity contribution >= 4 is 26.8 Å². The average Bonchev–Trinajstić information content (AvgIpc) is 2.72. The Bertz CT molecular complexity index is 718. The van der Waals surface area contributed by atoms with Crippen molar-refractivity contribution in [2.75, 3.05) is 6.61 Å². The second-order valence-electron chi connectivity index (χ2n) is 6.35. The van der Waals surface area contributed by atoms with Crippen LogP contribution in [0.25, 0.3) is 0 Å². The Morgan fingerprint density at radius 2 is 1.84 bits per heavy atom. The van der Waals surface area contributed by atoms with Gasteiger partial charge in [-0.05, 0) is 44.4 Å². The van der Waals surface area contributed by atoms with E-state index in [2.05, 4.69) is 0 Å². The van der Waals surface area contributed by atoms with E-state index in [4.69, 9.17) is 20.6 Å². The van der Waals surface area contributed by atoms with Crippen molar-refractivity contribution < 1.29 is 28.0 Å². The summed E-state index contributed by atoms with van der Waals surface area (Å²) in [5.74, 6) is -0.690. The van der Waals surface area contributed by atoms with Crippen LogP contribution in [0, 0.1) is 5.92 Å². The molecule has 1 fully saturated rings. The van der Waals surface area contributed by atoms with Gasteiger partial charge < -0.3 is 14.3 Å². The molecule has 0 bridgehead atoms. The predicted octanol–water partition coefficient (Wildman–Crippen LogP) is 5.13. The Hall–Kier alpha value is -0.190. The Labute approximate surface area is 153 Å². The van der Waals surface area contributed by atoms with Gasteiger partial charge in [-0.25, -0.2) is 0 Å². The minimum absolute atomic E-state index is 0.111. The minimum Gasteiger partial charge on any atom is -0.322 e. The second-order valence-corrected chi connectivity index (χ2v) is 11.0. The van der Waals surface area contributed by atoms with Gasteiger partial charge in [0.15, 0.2) is 5.34 Å². The normalized spacial score (nSPS) is 35.9. The number of benzene rings is 1. The first-order valence-corrected chi connectivity index (χ1v) is 11.8. The van der Waals surface area contributed by atoms with Crippen molar-refractivity contribution in [1.82, 2.24) is 0 Å². The van der Waals surface area contributed by atoms with Gasteiger partial charge >= 0.3 is 15.2 Å². The highest BCUT2D eigenvalue weighted by atomic mass is 35.5. The van der Waals surface area contributed by atoms with Crippen LogP contribution in [-0.2, 0) is 23.3 Å². The van der Waals surface area contributed by atoms with E-state index in [0.29, 0.717) is 23.4 Å². The lowest BCUT2D eigenvalue weighted by Crippen LogP contribution is -2.40. The molecule has 25 heavy (non-hydrogen) atoms. The fourth-order valence-electron chi connectivity index (χ4n) is 4.05. The molecule has 4 atom stereocenters. The van der Waals surface area contributed by atoms with Crippen LogP contribution in [0.3, 0.4) is 0 Å². The van der Waals surface area contributed by atoms with Crippen LogP contribution in [0.2, 0.25) is 5.02 Å². The van der Waals surface area contributed by atoms with Gasteiger partial charge in [0.05, 0.1) is 6.61 Å². The maximum atomic E-state index is 13.8. The molecule has 1 aromatic rings. The average molecular weight is 411 g/mol. The van der Waals surface area contributed by atoms with E-state index in [0.717, 1.165) is 0 Å². The Kier molecular flexibility index (Phi) is 5.99. The van der Waals surface area contributed by atoms with Gasteiger partial charge in [0, 0.05) is 10.9 Å². The quantitative estimate of drug-likeness (QED) is 0.632. The van der Waals surface area contributed by atoms with Gasteiger partial charge in [0.1, 0.15) is 5.16 Å². The number of halogens is 1. The van der Waals surface area contributed by atoms with Crippen LogP contribution in [0.5, 0.6) is 0 Å². The molecule has 1 heterocycles. The molecule has 9 heteroatoms.